The van der Waals surface area contributed by atoms with Crippen LogP contribution in [0.1, 0.15) is 16.2 Å². The van der Waals surface area contributed by atoms with Crippen LogP contribution in [-0.4, -0.2) is 15.3 Å². The van der Waals surface area contributed by atoms with E-state index in [9.17, 15) is 14.4 Å². The number of nitrogens with one attached hydrogen (secondary N) is 1. The van der Waals surface area contributed by atoms with Gasteiger partial charge in [-0.05, 0) is 31.2 Å². The highest BCUT2D eigenvalue weighted by atomic mass is 16.3. The molecule has 0 aliphatic carbocycles. The van der Waals surface area contributed by atoms with Gasteiger partial charge in [-0.2, -0.15) is 0 Å². The molecular formula is C21H17N3O4. The van der Waals surface area contributed by atoms with Gasteiger partial charge in [0.05, 0.1) is 16.8 Å². The molecule has 1 N–H and O–H groups in total. The zero-order valence-electron chi connectivity index (χ0n) is 15.3. The van der Waals surface area contributed by atoms with Crippen LogP contribution in [0.2, 0.25) is 0 Å². The summed E-state index contributed by atoms with van der Waals surface area (Å²) >= 11 is 0. The minimum absolute atomic E-state index is 0.132. The lowest BCUT2D eigenvalue weighted by molar-refractivity contribution is 0.0997. The predicted octanol–water partition coefficient (Wildman–Crippen LogP) is 2.84. The molecule has 2 aromatic heterocycles. The summed E-state index contributed by atoms with van der Waals surface area (Å²) < 4.78 is 8.67. The number of anilines is 1. The van der Waals surface area contributed by atoms with Crippen LogP contribution in [0.5, 0.6) is 0 Å². The van der Waals surface area contributed by atoms with Crippen molar-refractivity contribution < 1.29 is 9.21 Å². The van der Waals surface area contributed by atoms with Gasteiger partial charge in [-0.15, -0.1) is 0 Å². The van der Waals surface area contributed by atoms with E-state index in [-0.39, 0.29) is 22.4 Å². The molecular weight excluding hydrogens is 358 g/mol. The van der Waals surface area contributed by atoms with Crippen molar-refractivity contribution in [1.82, 2.24) is 9.36 Å². The fraction of sp³-hybridized carbons (Fsp3) is 0.0952. The van der Waals surface area contributed by atoms with Gasteiger partial charge < -0.3 is 9.73 Å². The zero-order valence-corrected chi connectivity index (χ0v) is 15.3. The fourth-order valence-electron chi connectivity index (χ4n) is 3.10. The number of rotatable bonds is 3. The number of aromatic nitrogens is 2. The molecule has 0 spiro atoms. The van der Waals surface area contributed by atoms with E-state index >= 15 is 0 Å². The molecule has 2 aromatic carbocycles. The van der Waals surface area contributed by atoms with Gasteiger partial charge in [0.25, 0.3) is 11.5 Å². The minimum Gasteiger partial charge on any atom is -0.451 e. The van der Waals surface area contributed by atoms with Crippen LogP contribution in [0.15, 0.2) is 74.7 Å². The third-order valence-electron chi connectivity index (χ3n) is 4.65. The van der Waals surface area contributed by atoms with Gasteiger partial charge in [0, 0.05) is 13.1 Å². The number of benzene rings is 2. The predicted molar refractivity (Wildman–Crippen MR) is 106 cm³/mol. The monoisotopic (exact) mass is 375 g/mol. The molecule has 4 aromatic rings. The molecule has 140 valence electrons. The first-order valence-electron chi connectivity index (χ1n) is 8.65. The standard InChI is InChI=1S/C21H17N3O4/c1-13-19(21(27)24(23(13)2)14-8-4-3-5-9-14)22-20(26)18-12-16(25)15-10-6-7-11-17(15)28-18/h3-12H,1-2H3,(H,22,26). The Kier molecular flexibility index (Phi) is 4.19. The fourth-order valence-corrected chi connectivity index (χ4v) is 3.10. The van der Waals surface area contributed by atoms with E-state index in [2.05, 4.69) is 5.32 Å². The van der Waals surface area contributed by atoms with E-state index in [0.29, 0.717) is 22.4 Å². The molecule has 0 bridgehead atoms. The average Bonchev–Trinajstić information content (AvgIpc) is 2.92. The van der Waals surface area contributed by atoms with Crippen molar-refractivity contribution in [1.29, 1.82) is 0 Å². The van der Waals surface area contributed by atoms with Crippen LogP contribution < -0.4 is 16.3 Å². The summed E-state index contributed by atoms with van der Waals surface area (Å²) in [6.07, 6.45) is 0. The quantitative estimate of drug-likeness (QED) is 0.597. The smallest absolute Gasteiger partial charge is 0.295 e. The highest BCUT2D eigenvalue weighted by molar-refractivity contribution is 6.03. The van der Waals surface area contributed by atoms with Gasteiger partial charge in [0.2, 0.25) is 0 Å². The Hall–Kier alpha value is -3.87. The highest BCUT2D eigenvalue weighted by Gasteiger charge is 2.20. The number of para-hydroxylation sites is 2. The number of hydrogen-bond donors (Lipinski definition) is 1. The van der Waals surface area contributed by atoms with E-state index in [1.165, 1.54) is 4.68 Å². The first kappa shape index (κ1) is 17.5. The van der Waals surface area contributed by atoms with Crippen molar-refractivity contribution in [3.63, 3.8) is 0 Å². The Bertz CT molecular complexity index is 1310. The summed E-state index contributed by atoms with van der Waals surface area (Å²) in [4.78, 5) is 37.8. The Labute approximate surface area is 159 Å². The molecule has 0 fully saturated rings. The van der Waals surface area contributed by atoms with Crippen molar-refractivity contribution in [2.24, 2.45) is 7.05 Å². The molecule has 7 heteroatoms. The molecule has 4 rings (SSSR count). The molecule has 0 aliphatic rings. The maximum absolute atomic E-state index is 12.9. The number of fused-ring (bicyclic) bond motifs is 1. The second kappa shape index (κ2) is 6.70. The summed E-state index contributed by atoms with van der Waals surface area (Å²) in [5.74, 6) is -0.813. The van der Waals surface area contributed by atoms with Crippen LogP contribution in [0.3, 0.4) is 0 Å². The number of carbonyl (C=O) groups is 1. The summed E-state index contributed by atoms with van der Waals surface area (Å²) in [5.41, 5.74) is 1.00. The van der Waals surface area contributed by atoms with Crippen molar-refractivity contribution in [2.45, 2.75) is 6.92 Å². The van der Waals surface area contributed by atoms with Crippen molar-refractivity contribution in [2.75, 3.05) is 5.32 Å². The lowest BCUT2D eigenvalue weighted by Gasteiger charge is -2.07. The maximum Gasteiger partial charge on any atom is 0.295 e. The topological polar surface area (TPSA) is 86.2 Å². The zero-order chi connectivity index (χ0) is 19.8. The number of amides is 1. The van der Waals surface area contributed by atoms with Crippen LogP contribution in [0, 0.1) is 6.92 Å². The largest absolute Gasteiger partial charge is 0.451 e. The molecule has 0 atom stereocenters. The second-order valence-electron chi connectivity index (χ2n) is 6.36. The first-order chi connectivity index (χ1) is 13.5. The molecule has 0 unspecified atom stereocenters. The van der Waals surface area contributed by atoms with Crippen molar-refractivity contribution in [3.05, 3.63) is 92.7 Å². The van der Waals surface area contributed by atoms with Gasteiger partial charge >= 0.3 is 0 Å². The third kappa shape index (κ3) is 2.83. The van der Waals surface area contributed by atoms with Crippen molar-refractivity contribution in [3.8, 4) is 5.69 Å². The van der Waals surface area contributed by atoms with Gasteiger partial charge in [-0.3, -0.25) is 19.1 Å². The van der Waals surface area contributed by atoms with Gasteiger partial charge in [0.1, 0.15) is 11.3 Å². The second-order valence-corrected chi connectivity index (χ2v) is 6.36. The Balaban J connectivity index is 1.75. The van der Waals surface area contributed by atoms with Gasteiger partial charge in [-0.25, -0.2) is 4.68 Å². The maximum atomic E-state index is 12.9. The lowest BCUT2D eigenvalue weighted by Crippen LogP contribution is -2.23. The third-order valence-corrected chi connectivity index (χ3v) is 4.65. The summed E-state index contributed by atoms with van der Waals surface area (Å²) in [6.45, 7) is 1.73. The van der Waals surface area contributed by atoms with Gasteiger partial charge in [-0.1, -0.05) is 30.3 Å². The molecule has 0 aliphatic heterocycles. The number of carbonyl (C=O) groups excluding carboxylic acids is 1. The Morgan fingerprint density at radius 3 is 2.43 bits per heavy atom. The molecule has 0 saturated carbocycles. The molecule has 0 radical (unpaired) electrons. The van der Waals surface area contributed by atoms with Crippen LogP contribution in [0.4, 0.5) is 5.69 Å². The Morgan fingerprint density at radius 2 is 1.68 bits per heavy atom. The minimum atomic E-state index is -0.658. The number of hydrogen-bond acceptors (Lipinski definition) is 4. The van der Waals surface area contributed by atoms with Crippen LogP contribution in [0.25, 0.3) is 16.7 Å². The summed E-state index contributed by atoms with van der Waals surface area (Å²) in [5, 5.41) is 2.98. The van der Waals surface area contributed by atoms with E-state index in [4.69, 9.17) is 4.42 Å². The molecule has 2 heterocycles. The molecule has 1 amide bonds. The van der Waals surface area contributed by atoms with E-state index in [1.54, 1.807) is 55.1 Å². The molecule has 28 heavy (non-hydrogen) atoms. The van der Waals surface area contributed by atoms with E-state index in [1.807, 2.05) is 18.2 Å². The molecule has 0 saturated heterocycles. The molecule has 7 nitrogen and oxygen atoms in total. The summed E-state index contributed by atoms with van der Waals surface area (Å²) in [6, 6.07) is 16.9. The normalized spacial score (nSPS) is 10.9. The van der Waals surface area contributed by atoms with Gasteiger partial charge in [0.15, 0.2) is 11.2 Å². The SMILES string of the molecule is Cc1c(NC(=O)c2cc(=O)c3ccccc3o2)c(=O)n(-c2ccccc2)n1C. The number of nitrogens with zero attached hydrogens (tertiary/aromatic N) is 2. The van der Waals surface area contributed by atoms with Crippen LogP contribution in [-0.2, 0) is 7.05 Å². The first-order valence-corrected chi connectivity index (χ1v) is 8.65. The highest BCUT2D eigenvalue weighted by Crippen LogP contribution is 2.16. The Morgan fingerprint density at radius 1 is 1.00 bits per heavy atom. The van der Waals surface area contributed by atoms with E-state index in [0.717, 1.165) is 6.07 Å². The van der Waals surface area contributed by atoms with Crippen LogP contribution >= 0.6 is 0 Å². The van der Waals surface area contributed by atoms with Crippen molar-refractivity contribution >= 4 is 22.6 Å². The average molecular weight is 375 g/mol. The van der Waals surface area contributed by atoms with E-state index < -0.39 is 5.91 Å². The lowest BCUT2D eigenvalue weighted by atomic mass is 10.2. The summed E-state index contributed by atoms with van der Waals surface area (Å²) in [7, 11) is 1.73.